The number of rotatable bonds is 6. The molecule has 4 rings (SSSR count). The number of benzene rings is 3. The van der Waals surface area contributed by atoms with Gasteiger partial charge in [0, 0.05) is 23.5 Å². The van der Waals surface area contributed by atoms with Crippen LogP contribution in [-0.4, -0.2) is 19.3 Å². The summed E-state index contributed by atoms with van der Waals surface area (Å²) < 4.78 is 71.6. The van der Waals surface area contributed by atoms with E-state index in [9.17, 15) is 26.4 Å². The summed E-state index contributed by atoms with van der Waals surface area (Å²) in [4.78, 5) is 16.2. The maximum atomic E-state index is 12.9. The molecule has 0 radical (unpaired) electrons. The Hall–Kier alpha value is -4.12. The van der Waals surface area contributed by atoms with Gasteiger partial charge in [-0.3, -0.25) is 9.52 Å². The van der Waals surface area contributed by atoms with Crippen molar-refractivity contribution in [3.05, 3.63) is 90.3 Å². The molecule has 174 valence electrons. The number of anilines is 2. The number of carbonyl (C=O) groups is 1. The lowest BCUT2D eigenvalue weighted by Crippen LogP contribution is -2.15. The van der Waals surface area contributed by atoms with Crippen molar-refractivity contribution in [2.45, 2.75) is 11.1 Å². The van der Waals surface area contributed by atoms with Gasteiger partial charge < -0.3 is 9.73 Å². The molecule has 34 heavy (non-hydrogen) atoms. The Kier molecular flexibility index (Phi) is 6.12. The number of nitrogens with zero attached hydrogens (tertiary/aromatic N) is 1. The first kappa shape index (κ1) is 23.1. The molecule has 4 aromatic rings. The largest absolute Gasteiger partial charge is 0.437 e. The first-order valence-electron chi connectivity index (χ1n) is 9.75. The third-order valence-electron chi connectivity index (χ3n) is 4.54. The molecule has 0 bridgehead atoms. The summed E-state index contributed by atoms with van der Waals surface area (Å²) in [6.45, 7) is 0. The fraction of sp³-hybridized carbons (Fsp3) is 0.0435. The molecule has 0 aliphatic heterocycles. The predicted octanol–water partition coefficient (Wildman–Crippen LogP) is 5.30. The van der Waals surface area contributed by atoms with Crippen LogP contribution in [0.1, 0.15) is 11.5 Å². The van der Waals surface area contributed by atoms with Gasteiger partial charge in [0.1, 0.15) is 5.52 Å². The number of hydrogen-bond acceptors (Lipinski definition) is 5. The summed E-state index contributed by atoms with van der Waals surface area (Å²) in [6, 6.07) is 16.2. The van der Waals surface area contributed by atoms with Crippen molar-refractivity contribution < 1.29 is 30.8 Å². The number of carbonyl (C=O) groups excluding carboxylic acids is 1. The number of oxazole rings is 1. The summed E-state index contributed by atoms with van der Waals surface area (Å²) in [6.07, 6.45) is -2.07. The Labute approximate surface area is 192 Å². The van der Waals surface area contributed by atoms with Crippen LogP contribution in [0.5, 0.6) is 0 Å². The van der Waals surface area contributed by atoms with E-state index in [4.69, 9.17) is 4.42 Å². The van der Waals surface area contributed by atoms with E-state index in [2.05, 4.69) is 15.0 Å². The zero-order chi connectivity index (χ0) is 24.3. The summed E-state index contributed by atoms with van der Waals surface area (Å²) in [5, 5.41) is 2.52. The molecular formula is C23H16F3N3O4S. The standard InChI is InChI=1S/C23H16F3N3O4S/c24-23(25,26)15-5-3-7-17(13-15)29-34(31,32)18-8-4-6-16(14-18)27-21(30)11-12-22-28-19-9-1-2-10-20(19)33-22/h1-14,29H,(H,27,30)/b12-11+. The number of alkyl halides is 3. The Bertz CT molecular complexity index is 1460. The molecule has 0 saturated carbocycles. The molecule has 3 aromatic carbocycles. The van der Waals surface area contributed by atoms with E-state index in [0.29, 0.717) is 17.2 Å². The van der Waals surface area contributed by atoms with Crippen LogP contribution in [0, 0.1) is 0 Å². The number of fused-ring (bicyclic) bond motifs is 1. The predicted molar refractivity (Wildman–Crippen MR) is 120 cm³/mol. The van der Waals surface area contributed by atoms with Crippen LogP contribution in [0.2, 0.25) is 0 Å². The number of aromatic nitrogens is 1. The fourth-order valence-corrected chi connectivity index (χ4v) is 4.10. The zero-order valence-corrected chi connectivity index (χ0v) is 18.0. The Morgan fingerprint density at radius 2 is 1.68 bits per heavy atom. The second-order valence-corrected chi connectivity index (χ2v) is 8.74. The van der Waals surface area contributed by atoms with E-state index < -0.39 is 27.7 Å². The smallest absolute Gasteiger partial charge is 0.416 e. The molecule has 1 heterocycles. The minimum absolute atomic E-state index is 0.166. The number of para-hydroxylation sites is 2. The zero-order valence-electron chi connectivity index (χ0n) is 17.2. The first-order chi connectivity index (χ1) is 16.1. The minimum Gasteiger partial charge on any atom is -0.437 e. The van der Waals surface area contributed by atoms with E-state index in [1.165, 1.54) is 42.5 Å². The van der Waals surface area contributed by atoms with Crippen LogP contribution >= 0.6 is 0 Å². The average molecular weight is 487 g/mol. The second-order valence-electron chi connectivity index (χ2n) is 7.05. The number of sulfonamides is 1. The summed E-state index contributed by atoms with van der Waals surface area (Å²) in [5.74, 6) is -0.347. The highest BCUT2D eigenvalue weighted by molar-refractivity contribution is 7.92. The van der Waals surface area contributed by atoms with E-state index in [-0.39, 0.29) is 22.2 Å². The number of amides is 1. The van der Waals surface area contributed by atoms with Gasteiger partial charge in [0.2, 0.25) is 11.8 Å². The number of hydrogen-bond donors (Lipinski definition) is 2. The van der Waals surface area contributed by atoms with Crippen molar-refractivity contribution in [2.24, 2.45) is 0 Å². The van der Waals surface area contributed by atoms with Crippen molar-refractivity contribution >= 4 is 44.5 Å². The van der Waals surface area contributed by atoms with Crippen molar-refractivity contribution in [3.8, 4) is 0 Å². The van der Waals surface area contributed by atoms with Crippen molar-refractivity contribution in [1.29, 1.82) is 0 Å². The SMILES string of the molecule is O=C(/C=C/c1nc2ccccc2o1)Nc1cccc(S(=O)(=O)Nc2cccc(C(F)(F)F)c2)c1. The Morgan fingerprint density at radius 3 is 2.44 bits per heavy atom. The highest BCUT2D eigenvalue weighted by Gasteiger charge is 2.30. The third kappa shape index (κ3) is 5.44. The minimum atomic E-state index is -4.61. The van der Waals surface area contributed by atoms with Crippen molar-refractivity contribution in [1.82, 2.24) is 4.98 Å². The molecular weight excluding hydrogens is 471 g/mol. The average Bonchev–Trinajstić information content (AvgIpc) is 3.20. The molecule has 0 fully saturated rings. The topological polar surface area (TPSA) is 101 Å². The molecule has 0 aliphatic rings. The van der Waals surface area contributed by atoms with Gasteiger partial charge in [0.05, 0.1) is 10.5 Å². The maximum Gasteiger partial charge on any atom is 0.416 e. The van der Waals surface area contributed by atoms with Gasteiger partial charge in [0.15, 0.2) is 5.58 Å². The highest BCUT2D eigenvalue weighted by atomic mass is 32.2. The second kappa shape index (κ2) is 9.02. The summed E-state index contributed by atoms with van der Waals surface area (Å²) >= 11 is 0. The lowest BCUT2D eigenvalue weighted by Gasteiger charge is -2.12. The van der Waals surface area contributed by atoms with Gasteiger partial charge in [-0.2, -0.15) is 13.2 Å². The third-order valence-corrected chi connectivity index (χ3v) is 5.92. The first-order valence-corrected chi connectivity index (χ1v) is 11.2. The molecule has 1 amide bonds. The molecule has 7 nitrogen and oxygen atoms in total. The monoisotopic (exact) mass is 487 g/mol. The molecule has 0 spiro atoms. The quantitative estimate of drug-likeness (QED) is 0.360. The van der Waals surface area contributed by atoms with E-state index in [1.807, 2.05) is 0 Å². The van der Waals surface area contributed by atoms with Crippen LogP contribution < -0.4 is 10.0 Å². The van der Waals surface area contributed by atoms with E-state index >= 15 is 0 Å². The van der Waals surface area contributed by atoms with Gasteiger partial charge in [0.25, 0.3) is 10.0 Å². The molecule has 11 heteroatoms. The molecule has 0 aliphatic carbocycles. The fourth-order valence-electron chi connectivity index (χ4n) is 3.01. The number of nitrogens with one attached hydrogen (secondary N) is 2. The van der Waals surface area contributed by atoms with Crippen LogP contribution in [0.25, 0.3) is 17.2 Å². The van der Waals surface area contributed by atoms with Crippen molar-refractivity contribution in [3.63, 3.8) is 0 Å². The van der Waals surface area contributed by atoms with Gasteiger partial charge in [-0.1, -0.05) is 24.3 Å². The van der Waals surface area contributed by atoms with Gasteiger partial charge in [-0.05, 0) is 48.5 Å². The Morgan fingerprint density at radius 1 is 0.941 bits per heavy atom. The van der Waals surface area contributed by atoms with Gasteiger partial charge in [-0.15, -0.1) is 0 Å². The number of halogens is 3. The lowest BCUT2D eigenvalue weighted by molar-refractivity contribution is -0.137. The lowest BCUT2D eigenvalue weighted by atomic mass is 10.2. The summed E-state index contributed by atoms with van der Waals surface area (Å²) in [7, 11) is -4.22. The maximum absolute atomic E-state index is 12.9. The molecule has 0 unspecified atom stereocenters. The van der Waals surface area contributed by atoms with Crippen LogP contribution in [0.4, 0.5) is 24.5 Å². The summed E-state index contributed by atoms with van der Waals surface area (Å²) in [5.41, 5.74) is 0.131. The van der Waals surface area contributed by atoms with Crippen LogP contribution in [0.15, 0.2) is 88.2 Å². The molecule has 1 aromatic heterocycles. The molecule has 0 saturated heterocycles. The van der Waals surface area contributed by atoms with Crippen LogP contribution in [-0.2, 0) is 21.0 Å². The highest BCUT2D eigenvalue weighted by Crippen LogP contribution is 2.31. The molecule has 2 N–H and O–H groups in total. The van der Waals surface area contributed by atoms with Crippen LogP contribution in [0.3, 0.4) is 0 Å². The van der Waals surface area contributed by atoms with E-state index in [1.54, 1.807) is 24.3 Å². The normalized spacial score (nSPS) is 12.2. The molecule has 0 atom stereocenters. The Balaban J connectivity index is 1.47. The van der Waals surface area contributed by atoms with Crippen molar-refractivity contribution in [2.75, 3.05) is 10.0 Å². The van der Waals surface area contributed by atoms with Gasteiger partial charge in [-0.25, -0.2) is 13.4 Å². The van der Waals surface area contributed by atoms with E-state index in [0.717, 1.165) is 12.1 Å². The van der Waals surface area contributed by atoms with Gasteiger partial charge >= 0.3 is 6.18 Å².